The molecule has 1 amide bonds. The fraction of sp³-hybridized carbons (Fsp3) is 0.531. The maximum Gasteiger partial charge on any atom is 0.326 e. The molecule has 1 aliphatic rings. The van der Waals surface area contributed by atoms with Crippen LogP contribution in [0.25, 0.3) is 0 Å². The van der Waals surface area contributed by atoms with Crippen molar-refractivity contribution < 1.29 is 53.4 Å². The number of carboxylic acid groups (broad SMARTS) is 2. The summed E-state index contributed by atoms with van der Waals surface area (Å²) in [6.07, 6.45) is 3.10. The van der Waals surface area contributed by atoms with Gasteiger partial charge in [0.2, 0.25) is 11.7 Å². The molecule has 0 saturated carbocycles. The Kier molecular flexibility index (Phi) is 14.1. The SMILES string of the molecule is CC[C@H](C(=O)N1CCCC[C@H]1C(=O)O)c1cc(CO)c(OC)c(OC)c1.CC[C@H](C(=O)O)c1cc(OC)c(OC)c(OC)c1. The van der Waals surface area contributed by atoms with Crippen molar-refractivity contribution in [2.75, 3.05) is 42.1 Å². The fourth-order valence-corrected chi connectivity index (χ4v) is 5.45. The highest BCUT2D eigenvalue weighted by atomic mass is 16.5. The van der Waals surface area contributed by atoms with Gasteiger partial charge in [0, 0.05) is 12.1 Å². The van der Waals surface area contributed by atoms with Gasteiger partial charge in [0.15, 0.2) is 23.0 Å². The molecule has 0 unspecified atom stereocenters. The van der Waals surface area contributed by atoms with E-state index in [2.05, 4.69) is 0 Å². The van der Waals surface area contributed by atoms with Gasteiger partial charge < -0.3 is 43.9 Å². The minimum atomic E-state index is -0.962. The number of amides is 1. The van der Waals surface area contributed by atoms with Crippen LogP contribution in [0.15, 0.2) is 24.3 Å². The Hall–Kier alpha value is -4.19. The third-order valence-electron chi connectivity index (χ3n) is 7.72. The lowest BCUT2D eigenvalue weighted by Crippen LogP contribution is -2.49. The number of nitrogens with zero attached hydrogens (tertiary/aromatic N) is 1. The molecule has 12 heteroatoms. The first-order valence-corrected chi connectivity index (χ1v) is 14.5. The van der Waals surface area contributed by atoms with Crippen LogP contribution in [0.1, 0.15) is 74.5 Å². The number of carbonyl (C=O) groups excluding carboxylic acids is 1. The predicted molar refractivity (Wildman–Crippen MR) is 162 cm³/mol. The van der Waals surface area contributed by atoms with E-state index in [0.29, 0.717) is 71.2 Å². The van der Waals surface area contributed by atoms with Crippen LogP contribution in [-0.4, -0.2) is 86.2 Å². The van der Waals surface area contributed by atoms with Gasteiger partial charge in [-0.15, -0.1) is 0 Å². The average molecular weight is 620 g/mol. The third kappa shape index (κ3) is 8.25. The summed E-state index contributed by atoms with van der Waals surface area (Å²) >= 11 is 0. The molecule has 2 aromatic carbocycles. The monoisotopic (exact) mass is 619 g/mol. The molecule has 1 fully saturated rings. The smallest absolute Gasteiger partial charge is 0.326 e. The van der Waals surface area contributed by atoms with Gasteiger partial charge in [0.1, 0.15) is 6.04 Å². The Morgan fingerprint density at radius 3 is 1.68 bits per heavy atom. The number of methoxy groups -OCH3 is 5. The minimum Gasteiger partial charge on any atom is -0.493 e. The van der Waals surface area contributed by atoms with Gasteiger partial charge >= 0.3 is 11.9 Å². The molecule has 0 bridgehead atoms. The fourth-order valence-electron chi connectivity index (χ4n) is 5.45. The number of aliphatic hydroxyl groups excluding tert-OH is 1. The topological polar surface area (TPSA) is 161 Å². The molecule has 3 atom stereocenters. The maximum absolute atomic E-state index is 13.1. The first-order valence-electron chi connectivity index (χ1n) is 14.5. The van der Waals surface area contributed by atoms with E-state index in [1.807, 2.05) is 13.8 Å². The van der Waals surface area contributed by atoms with Gasteiger partial charge in [0.25, 0.3) is 0 Å². The van der Waals surface area contributed by atoms with E-state index >= 15 is 0 Å². The molecule has 2 aromatic rings. The van der Waals surface area contributed by atoms with Gasteiger partial charge in [-0.1, -0.05) is 13.8 Å². The molecule has 3 N–H and O–H groups in total. The van der Waals surface area contributed by atoms with E-state index in [1.165, 1.54) is 40.4 Å². The van der Waals surface area contributed by atoms with Crippen LogP contribution in [0, 0.1) is 0 Å². The summed E-state index contributed by atoms with van der Waals surface area (Å²) in [5.41, 5.74) is 1.86. The average Bonchev–Trinajstić information content (AvgIpc) is 3.04. The Bertz CT molecular complexity index is 1230. The van der Waals surface area contributed by atoms with E-state index in [0.717, 1.165) is 12.8 Å². The van der Waals surface area contributed by atoms with Crippen LogP contribution < -0.4 is 23.7 Å². The summed E-state index contributed by atoms with van der Waals surface area (Å²) in [5, 5.41) is 28.3. The van der Waals surface area contributed by atoms with Crippen molar-refractivity contribution in [3.63, 3.8) is 0 Å². The Morgan fingerprint density at radius 1 is 0.773 bits per heavy atom. The number of benzene rings is 2. The molecular formula is C32H45NO11. The number of aliphatic hydroxyl groups is 1. The van der Waals surface area contributed by atoms with E-state index in [9.17, 15) is 24.6 Å². The summed E-state index contributed by atoms with van der Waals surface area (Å²) in [5.74, 6) is -0.851. The first kappa shape index (κ1) is 36.0. The lowest BCUT2D eigenvalue weighted by Gasteiger charge is -2.35. The molecule has 44 heavy (non-hydrogen) atoms. The highest BCUT2D eigenvalue weighted by Gasteiger charge is 2.36. The molecule has 3 rings (SSSR count). The summed E-state index contributed by atoms with van der Waals surface area (Å²) < 4.78 is 26.2. The second-order valence-corrected chi connectivity index (χ2v) is 10.2. The number of piperidine rings is 1. The largest absolute Gasteiger partial charge is 0.493 e. The quantitative estimate of drug-likeness (QED) is 0.291. The Balaban J connectivity index is 0.000000329. The van der Waals surface area contributed by atoms with Crippen molar-refractivity contribution in [1.82, 2.24) is 4.90 Å². The van der Waals surface area contributed by atoms with Gasteiger partial charge in [0.05, 0.1) is 54.0 Å². The summed E-state index contributed by atoms with van der Waals surface area (Å²) in [7, 11) is 7.50. The van der Waals surface area contributed by atoms with Crippen molar-refractivity contribution >= 4 is 17.8 Å². The second kappa shape index (κ2) is 17.2. The molecule has 1 aliphatic heterocycles. The normalized spacial score (nSPS) is 15.6. The molecule has 244 valence electrons. The van der Waals surface area contributed by atoms with Crippen LogP contribution >= 0.6 is 0 Å². The van der Waals surface area contributed by atoms with Crippen molar-refractivity contribution in [1.29, 1.82) is 0 Å². The number of carboxylic acids is 2. The van der Waals surface area contributed by atoms with Crippen molar-refractivity contribution in [2.45, 2.75) is 70.4 Å². The Morgan fingerprint density at radius 2 is 1.27 bits per heavy atom. The van der Waals surface area contributed by atoms with Crippen molar-refractivity contribution in [2.24, 2.45) is 0 Å². The molecule has 0 aliphatic carbocycles. The zero-order chi connectivity index (χ0) is 33.0. The second-order valence-electron chi connectivity index (χ2n) is 10.2. The number of likely N-dealkylation sites (tertiary alicyclic amines) is 1. The minimum absolute atomic E-state index is 0.198. The Labute approximate surface area is 258 Å². The highest BCUT2D eigenvalue weighted by Crippen LogP contribution is 2.41. The third-order valence-corrected chi connectivity index (χ3v) is 7.72. The lowest BCUT2D eigenvalue weighted by molar-refractivity contribution is -0.152. The van der Waals surface area contributed by atoms with Crippen LogP contribution in [0.3, 0.4) is 0 Å². The molecule has 0 spiro atoms. The predicted octanol–water partition coefficient (Wildman–Crippen LogP) is 4.45. The molecule has 1 heterocycles. The lowest BCUT2D eigenvalue weighted by atomic mass is 9.90. The number of rotatable bonds is 13. The van der Waals surface area contributed by atoms with Crippen LogP contribution in [0.4, 0.5) is 0 Å². The number of hydrogen-bond donors (Lipinski definition) is 3. The number of aliphatic carboxylic acids is 2. The van der Waals surface area contributed by atoms with E-state index in [4.69, 9.17) is 28.8 Å². The van der Waals surface area contributed by atoms with E-state index in [1.54, 1.807) is 24.3 Å². The van der Waals surface area contributed by atoms with Gasteiger partial charge in [-0.25, -0.2) is 4.79 Å². The van der Waals surface area contributed by atoms with Gasteiger partial charge in [-0.2, -0.15) is 0 Å². The number of hydrogen-bond acceptors (Lipinski definition) is 9. The number of ether oxygens (including phenoxy) is 5. The molecule has 0 radical (unpaired) electrons. The zero-order valence-corrected chi connectivity index (χ0v) is 26.5. The van der Waals surface area contributed by atoms with Crippen LogP contribution in [0.2, 0.25) is 0 Å². The zero-order valence-electron chi connectivity index (χ0n) is 26.5. The van der Waals surface area contributed by atoms with Gasteiger partial charge in [-0.05, 0) is 67.5 Å². The molecule has 12 nitrogen and oxygen atoms in total. The van der Waals surface area contributed by atoms with Crippen molar-refractivity contribution in [3.8, 4) is 28.7 Å². The summed E-state index contributed by atoms with van der Waals surface area (Å²) in [6, 6.07) is 6.02. The molecule has 0 aromatic heterocycles. The number of carbonyl (C=O) groups is 3. The molecule has 1 saturated heterocycles. The first-order chi connectivity index (χ1) is 21.1. The standard InChI is InChI=1S/C19H27NO6.C13H18O5/c1-4-14(18(22)20-8-6-5-7-15(20)19(23)24)12-9-13(11-21)17(26-3)16(10-12)25-2;1-5-9(13(14)15)8-6-10(16-2)12(18-4)11(7-8)17-3/h9-10,14-15,21H,4-8,11H2,1-3H3,(H,23,24);6-7,9H,5H2,1-4H3,(H,14,15)/t14-,15-;9-/m00/s1. The highest BCUT2D eigenvalue weighted by molar-refractivity contribution is 5.88. The van der Waals surface area contributed by atoms with E-state index in [-0.39, 0.29) is 12.5 Å². The summed E-state index contributed by atoms with van der Waals surface area (Å²) in [4.78, 5) is 37.3. The summed E-state index contributed by atoms with van der Waals surface area (Å²) in [6.45, 7) is 3.91. The van der Waals surface area contributed by atoms with Crippen LogP contribution in [-0.2, 0) is 21.0 Å². The van der Waals surface area contributed by atoms with E-state index < -0.39 is 29.8 Å². The maximum atomic E-state index is 13.1. The van der Waals surface area contributed by atoms with Crippen LogP contribution in [0.5, 0.6) is 28.7 Å². The molecular weight excluding hydrogens is 574 g/mol. The van der Waals surface area contributed by atoms with Crippen molar-refractivity contribution in [3.05, 3.63) is 41.0 Å². The van der Waals surface area contributed by atoms with Gasteiger partial charge in [-0.3, -0.25) is 9.59 Å².